The summed E-state index contributed by atoms with van der Waals surface area (Å²) in [6.07, 6.45) is 2.15. The fraction of sp³-hybridized carbons (Fsp3) is 0.462. The first-order chi connectivity index (χ1) is 7.97. The number of benzene rings is 1. The molecule has 17 heavy (non-hydrogen) atoms. The summed E-state index contributed by atoms with van der Waals surface area (Å²) in [4.78, 5) is 1.45. The second-order valence-corrected chi connectivity index (χ2v) is 5.55. The molecule has 1 atom stereocenters. The summed E-state index contributed by atoms with van der Waals surface area (Å²) >= 11 is 6.73. The molecule has 0 spiro atoms. The van der Waals surface area contributed by atoms with E-state index in [4.69, 9.17) is 22.7 Å². The van der Waals surface area contributed by atoms with Gasteiger partial charge in [-0.1, -0.05) is 32.1 Å². The maximum Gasteiger partial charge on any atom is 0.131 e. The van der Waals surface area contributed by atoms with Crippen molar-refractivity contribution in [3.63, 3.8) is 0 Å². The lowest BCUT2D eigenvalue weighted by atomic mass is 10.1. The van der Waals surface area contributed by atoms with Crippen LogP contribution in [0.2, 0.25) is 0 Å². The Hall–Kier alpha value is -0.740. The van der Waals surface area contributed by atoms with Gasteiger partial charge in [0, 0.05) is 4.90 Å². The molecule has 0 fully saturated rings. The predicted molar refractivity (Wildman–Crippen MR) is 79.0 cm³/mol. The summed E-state index contributed by atoms with van der Waals surface area (Å²) in [6, 6.07) is 5.90. The number of hydrogen-bond acceptors (Lipinski definition) is 3. The van der Waals surface area contributed by atoms with Crippen molar-refractivity contribution < 1.29 is 4.74 Å². The average Bonchev–Trinajstić information content (AvgIpc) is 2.27. The van der Waals surface area contributed by atoms with Crippen LogP contribution < -0.4 is 10.5 Å². The molecule has 1 aromatic carbocycles. The number of ether oxygens (including phenoxy) is 1. The van der Waals surface area contributed by atoms with Gasteiger partial charge in [-0.05, 0) is 31.2 Å². The molecule has 94 valence electrons. The van der Waals surface area contributed by atoms with Crippen LogP contribution in [0.15, 0.2) is 23.1 Å². The zero-order valence-corrected chi connectivity index (χ0v) is 12.3. The minimum Gasteiger partial charge on any atom is -0.490 e. The van der Waals surface area contributed by atoms with Crippen LogP contribution in [-0.4, -0.2) is 17.3 Å². The molecule has 0 heterocycles. The minimum absolute atomic E-state index is 0.139. The number of nitrogens with two attached hydrogens (primary N) is 1. The highest BCUT2D eigenvalue weighted by molar-refractivity contribution is 7.98. The van der Waals surface area contributed by atoms with Crippen molar-refractivity contribution in [3.8, 4) is 5.75 Å². The Morgan fingerprint density at radius 2 is 2.00 bits per heavy atom. The quantitative estimate of drug-likeness (QED) is 0.656. The van der Waals surface area contributed by atoms with Crippen molar-refractivity contribution in [2.75, 3.05) is 6.26 Å². The van der Waals surface area contributed by atoms with Gasteiger partial charge in [0.2, 0.25) is 0 Å². The molecule has 0 aliphatic rings. The van der Waals surface area contributed by atoms with Crippen LogP contribution in [0, 0.1) is 5.92 Å². The largest absolute Gasteiger partial charge is 0.490 e. The van der Waals surface area contributed by atoms with Crippen molar-refractivity contribution in [2.45, 2.75) is 31.8 Å². The van der Waals surface area contributed by atoms with Gasteiger partial charge in [-0.15, -0.1) is 11.8 Å². The molecule has 0 bridgehead atoms. The molecule has 1 unspecified atom stereocenters. The van der Waals surface area contributed by atoms with Crippen molar-refractivity contribution in [3.05, 3.63) is 23.8 Å². The molecule has 0 aromatic heterocycles. The second-order valence-electron chi connectivity index (χ2n) is 4.26. The number of rotatable bonds is 5. The SMILES string of the molecule is CSc1cccc(OC(C)C(C)C)c1C(N)=S. The van der Waals surface area contributed by atoms with E-state index in [9.17, 15) is 0 Å². The highest BCUT2D eigenvalue weighted by atomic mass is 32.2. The molecule has 2 N–H and O–H groups in total. The van der Waals surface area contributed by atoms with Crippen molar-refractivity contribution in [1.82, 2.24) is 0 Å². The summed E-state index contributed by atoms with van der Waals surface area (Å²) in [7, 11) is 0. The Bertz CT molecular complexity index is 404. The molecule has 1 aromatic rings. The van der Waals surface area contributed by atoms with E-state index >= 15 is 0 Å². The lowest BCUT2D eigenvalue weighted by Gasteiger charge is -2.21. The molecule has 0 saturated carbocycles. The maximum absolute atomic E-state index is 5.93. The first-order valence-electron chi connectivity index (χ1n) is 5.60. The van der Waals surface area contributed by atoms with Gasteiger partial charge in [-0.2, -0.15) is 0 Å². The molecule has 4 heteroatoms. The Labute approximate surface area is 113 Å². The van der Waals surface area contributed by atoms with Crippen LogP contribution in [0.4, 0.5) is 0 Å². The van der Waals surface area contributed by atoms with E-state index in [-0.39, 0.29) is 6.10 Å². The maximum atomic E-state index is 5.93. The van der Waals surface area contributed by atoms with Crippen molar-refractivity contribution in [2.24, 2.45) is 11.7 Å². The van der Waals surface area contributed by atoms with E-state index < -0.39 is 0 Å². The second kappa shape index (κ2) is 6.26. The first-order valence-corrected chi connectivity index (χ1v) is 7.24. The summed E-state index contributed by atoms with van der Waals surface area (Å²) < 4.78 is 5.93. The summed E-state index contributed by atoms with van der Waals surface area (Å²) in [5.41, 5.74) is 6.63. The topological polar surface area (TPSA) is 35.2 Å². The standard InChI is InChI=1S/C13H19NOS2/c1-8(2)9(3)15-10-6-5-7-11(17-4)12(10)13(14)16/h5-9H,1-4H3,(H2,14,16). The van der Waals surface area contributed by atoms with Gasteiger partial charge in [0.25, 0.3) is 0 Å². The number of thiocarbonyl (C=S) groups is 1. The normalized spacial score (nSPS) is 12.5. The molecule has 0 aliphatic carbocycles. The Balaban J connectivity index is 3.10. The van der Waals surface area contributed by atoms with Gasteiger partial charge in [-0.3, -0.25) is 0 Å². The highest BCUT2D eigenvalue weighted by Gasteiger charge is 2.15. The van der Waals surface area contributed by atoms with E-state index in [1.54, 1.807) is 11.8 Å². The predicted octanol–water partition coefficient (Wildman–Crippen LogP) is 3.47. The molecule has 2 nitrogen and oxygen atoms in total. The van der Waals surface area contributed by atoms with Gasteiger partial charge in [0.1, 0.15) is 10.7 Å². The fourth-order valence-electron chi connectivity index (χ4n) is 1.36. The fourth-order valence-corrected chi connectivity index (χ4v) is 2.26. The molecule has 0 amide bonds. The highest BCUT2D eigenvalue weighted by Crippen LogP contribution is 2.30. The van der Waals surface area contributed by atoms with Gasteiger partial charge in [-0.25, -0.2) is 0 Å². The van der Waals surface area contributed by atoms with Gasteiger partial charge in [0.05, 0.1) is 11.7 Å². The average molecular weight is 269 g/mol. The third-order valence-corrected chi connectivity index (χ3v) is 3.69. The first kappa shape index (κ1) is 14.3. The third kappa shape index (κ3) is 3.61. The smallest absolute Gasteiger partial charge is 0.131 e. The lowest BCUT2D eigenvalue weighted by Crippen LogP contribution is -2.21. The van der Waals surface area contributed by atoms with E-state index in [0.29, 0.717) is 10.9 Å². The monoisotopic (exact) mass is 269 g/mol. The van der Waals surface area contributed by atoms with Crippen LogP contribution >= 0.6 is 24.0 Å². The van der Waals surface area contributed by atoms with E-state index in [2.05, 4.69) is 20.8 Å². The van der Waals surface area contributed by atoms with Crippen molar-refractivity contribution >= 4 is 29.0 Å². The van der Waals surface area contributed by atoms with Crippen LogP contribution in [0.1, 0.15) is 26.3 Å². The minimum atomic E-state index is 0.139. The van der Waals surface area contributed by atoms with Crippen LogP contribution in [0.3, 0.4) is 0 Å². The molecular weight excluding hydrogens is 250 g/mol. The Morgan fingerprint density at radius 1 is 1.35 bits per heavy atom. The van der Waals surface area contributed by atoms with E-state index in [0.717, 1.165) is 16.2 Å². The van der Waals surface area contributed by atoms with Crippen molar-refractivity contribution in [1.29, 1.82) is 0 Å². The van der Waals surface area contributed by atoms with Gasteiger partial charge >= 0.3 is 0 Å². The van der Waals surface area contributed by atoms with E-state index in [1.165, 1.54) is 0 Å². The van der Waals surface area contributed by atoms with Gasteiger partial charge < -0.3 is 10.5 Å². The summed E-state index contributed by atoms with van der Waals surface area (Å²) in [6.45, 7) is 6.31. The van der Waals surface area contributed by atoms with Gasteiger partial charge in [0.15, 0.2) is 0 Å². The Morgan fingerprint density at radius 3 is 2.47 bits per heavy atom. The Kier molecular flexibility index (Phi) is 5.28. The third-order valence-electron chi connectivity index (χ3n) is 2.71. The lowest BCUT2D eigenvalue weighted by molar-refractivity contribution is 0.170. The van der Waals surface area contributed by atoms with Crippen LogP contribution in [0.25, 0.3) is 0 Å². The number of hydrogen-bond donors (Lipinski definition) is 1. The molecule has 0 radical (unpaired) electrons. The molecule has 0 aliphatic heterocycles. The summed E-state index contributed by atoms with van der Waals surface area (Å²) in [5.74, 6) is 1.23. The van der Waals surface area contributed by atoms with E-state index in [1.807, 2.05) is 24.5 Å². The van der Waals surface area contributed by atoms with Crippen LogP contribution in [-0.2, 0) is 0 Å². The molecule has 0 saturated heterocycles. The molecular formula is C13H19NOS2. The molecule has 1 rings (SSSR count). The summed E-state index contributed by atoms with van der Waals surface area (Å²) in [5, 5.41) is 0. The zero-order chi connectivity index (χ0) is 13.0. The van der Waals surface area contributed by atoms with Crippen LogP contribution in [0.5, 0.6) is 5.75 Å². The number of thioether (sulfide) groups is 1. The zero-order valence-electron chi connectivity index (χ0n) is 10.7.